The van der Waals surface area contributed by atoms with E-state index in [-0.39, 0.29) is 6.04 Å². The molecule has 1 unspecified atom stereocenters. The first-order chi connectivity index (χ1) is 9.28. The zero-order valence-corrected chi connectivity index (χ0v) is 11.6. The fraction of sp³-hybridized carbons (Fsp3) is 0.571. The normalized spacial score (nSPS) is 20.3. The molecule has 2 N–H and O–H groups in total. The molecule has 19 heavy (non-hydrogen) atoms. The van der Waals surface area contributed by atoms with Crippen LogP contribution < -0.4 is 15.2 Å². The number of nitrogens with zero attached hydrogens (tertiary/aromatic N) is 1. The van der Waals surface area contributed by atoms with Crippen LogP contribution in [-0.4, -0.2) is 51.5 Å². The third-order valence-corrected chi connectivity index (χ3v) is 3.49. The fourth-order valence-electron chi connectivity index (χ4n) is 2.32. The predicted octanol–water partition coefficient (Wildman–Crippen LogP) is 0.863. The highest BCUT2D eigenvalue weighted by atomic mass is 16.5. The van der Waals surface area contributed by atoms with Crippen LogP contribution in [0.15, 0.2) is 18.2 Å². The van der Waals surface area contributed by atoms with Crippen molar-refractivity contribution in [2.45, 2.75) is 12.6 Å². The maximum atomic E-state index is 5.79. The van der Waals surface area contributed by atoms with Crippen LogP contribution in [0.4, 0.5) is 0 Å². The van der Waals surface area contributed by atoms with Crippen molar-refractivity contribution < 1.29 is 14.2 Å². The molecule has 1 fully saturated rings. The Kier molecular flexibility index (Phi) is 5.01. The van der Waals surface area contributed by atoms with E-state index in [1.807, 2.05) is 18.2 Å². The number of nitrogens with two attached hydrogens (primary N) is 1. The molecule has 5 nitrogen and oxygen atoms in total. The van der Waals surface area contributed by atoms with Crippen LogP contribution >= 0.6 is 0 Å². The van der Waals surface area contributed by atoms with Crippen molar-refractivity contribution in [3.8, 4) is 11.5 Å². The van der Waals surface area contributed by atoms with E-state index < -0.39 is 0 Å². The topological polar surface area (TPSA) is 57.0 Å². The van der Waals surface area contributed by atoms with Gasteiger partial charge >= 0.3 is 0 Å². The van der Waals surface area contributed by atoms with Crippen LogP contribution in [0.5, 0.6) is 11.5 Å². The minimum absolute atomic E-state index is 0.278. The SMILES string of the molecule is COc1ccc(CN2CCOCC2CN)c(OC)c1. The summed E-state index contributed by atoms with van der Waals surface area (Å²) in [5.74, 6) is 1.65. The van der Waals surface area contributed by atoms with Crippen LogP contribution in [0.2, 0.25) is 0 Å². The van der Waals surface area contributed by atoms with E-state index in [2.05, 4.69) is 4.90 Å². The summed E-state index contributed by atoms with van der Waals surface area (Å²) in [6.07, 6.45) is 0. The van der Waals surface area contributed by atoms with E-state index in [0.717, 1.165) is 36.8 Å². The molecular weight excluding hydrogens is 244 g/mol. The van der Waals surface area contributed by atoms with Crippen molar-refractivity contribution in [2.75, 3.05) is 40.5 Å². The number of rotatable bonds is 5. The van der Waals surface area contributed by atoms with Crippen LogP contribution in [0.3, 0.4) is 0 Å². The number of hydrogen-bond donors (Lipinski definition) is 1. The molecule has 1 heterocycles. The molecule has 1 aromatic rings. The molecular formula is C14H22N2O3. The van der Waals surface area contributed by atoms with Crippen molar-refractivity contribution in [1.82, 2.24) is 4.90 Å². The van der Waals surface area contributed by atoms with E-state index in [1.54, 1.807) is 14.2 Å². The summed E-state index contributed by atoms with van der Waals surface area (Å²) in [5.41, 5.74) is 6.93. The molecule has 0 amide bonds. The molecule has 0 radical (unpaired) electrons. The average Bonchev–Trinajstić information content (AvgIpc) is 2.48. The smallest absolute Gasteiger partial charge is 0.127 e. The van der Waals surface area contributed by atoms with Gasteiger partial charge in [-0.05, 0) is 6.07 Å². The zero-order valence-electron chi connectivity index (χ0n) is 11.6. The van der Waals surface area contributed by atoms with Crippen molar-refractivity contribution in [1.29, 1.82) is 0 Å². The second-order valence-electron chi connectivity index (χ2n) is 4.61. The highest BCUT2D eigenvalue weighted by molar-refractivity contribution is 5.40. The molecule has 1 aliphatic heterocycles. The van der Waals surface area contributed by atoms with Gasteiger partial charge in [0.25, 0.3) is 0 Å². The number of benzene rings is 1. The Hall–Kier alpha value is -1.30. The summed E-state index contributed by atoms with van der Waals surface area (Å²) < 4.78 is 16.1. The molecule has 0 saturated carbocycles. The van der Waals surface area contributed by atoms with Crippen molar-refractivity contribution >= 4 is 0 Å². The molecule has 1 saturated heterocycles. The highest BCUT2D eigenvalue weighted by Crippen LogP contribution is 2.26. The Balaban J connectivity index is 2.12. The summed E-state index contributed by atoms with van der Waals surface area (Å²) >= 11 is 0. The molecule has 106 valence electrons. The predicted molar refractivity (Wildman–Crippen MR) is 73.6 cm³/mol. The number of ether oxygens (including phenoxy) is 3. The molecule has 1 atom stereocenters. The lowest BCUT2D eigenvalue weighted by atomic mass is 10.1. The van der Waals surface area contributed by atoms with Crippen LogP contribution in [0, 0.1) is 0 Å². The van der Waals surface area contributed by atoms with Gasteiger partial charge in [-0.2, -0.15) is 0 Å². The van der Waals surface area contributed by atoms with Gasteiger partial charge in [-0.3, -0.25) is 4.90 Å². The Morgan fingerprint density at radius 1 is 1.37 bits per heavy atom. The summed E-state index contributed by atoms with van der Waals surface area (Å²) in [6.45, 7) is 3.79. The minimum atomic E-state index is 0.278. The summed E-state index contributed by atoms with van der Waals surface area (Å²) in [6, 6.07) is 6.18. The Morgan fingerprint density at radius 2 is 2.21 bits per heavy atom. The maximum absolute atomic E-state index is 5.79. The van der Waals surface area contributed by atoms with Gasteiger partial charge in [0.15, 0.2) is 0 Å². The van der Waals surface area contributed by atoms with Crippen LogP contribution in [-0.2, 0) is 11.3 Å². The second-order valence-corrected chi connectivity index (χ2v) is 4.61. The van der Waals surface area contributed by atoms with Crippen molar-refractivity contribution in [2.24, 2.45) is 5.73 Å². The van der Waals surface area contributed by atoms with E-state index in [9.17, 15) is 0 Å². The Bertz CT molecular complexity index is 412. The number of methoxy groups -OCH3 is 2. The third-order valence-electron chi connectivity index (χ3n) is 3.49. The van der Waals surface area contributed by atoms with Gasteiger partial charge in [0.05, 0.1) is 27.4 Å². The van der Waals surface area contributed by atoms with Gasteiger partial charge in [0.1, 0.15) is 11.5 Å². The monoisotopic (exact) mass is 266 g/mol. The first-order valence-corrected chi connectivity index (χ1v) is 6.51. The molecule has 0 aliphatic carbocycles. The van der Waals surface area contributed by atoms with Crippen molar-refractivity contribution in [3.05, 3.63) is 23.8 Å². The number of hydrogen-bond acceptors (Lipinski definition) is 5. The first kappa shape index (κ1) is 14.1. The maximum Gasteiger partial charge on any atom is 0.127 e. The summed E-state index contributed by atoms with van der Waals surface area (Å²) in [4.78, 5) is 2.34. The summed E-state index contributed by atoms with van der Waals surface area (Å²) in [5, 5.41) is 0. The molecule has 5 heteroatoms. The first-order valence-electron chi connectivity index (χ1n) is 6.51. The van der Waals surface area contributed by atoms with Gasteiger partial charge in [0.2, 0.25) is 0 Å². The van der Waals surface area contributed by atoms with Crippen LogP contribution in [0.25, 0.3) is 0 Å². The van der Waals surface area contributed by atoms with Crippen LogP contribution in [0.1, 0.15) is 5.56 Å². The Labute approximate surface area is 114 Å². The van der Waals surface area contributed by atoms with Crippen molar-refractivity contribution in [3.63, 3.8) is 0 Å². The van der Waals surface area contributed by atoms with Gasteiger partial charge < -0.3 is 19.9 Å². The fourth-order valence-corrected chi connectivity index (χ4v) is 2.32. The third kappa shape index (κ3) is 3.37. The molecule has 0 bridgehead atoms. The largest absolute Gasteiger partial charge is 0.497 e. The number of morpholine rings is 1. The van der Waals surface area contributed by atoms with E-state index in [4.69, 9.17) is 19.9 Å². The lowest BCUT2D eigenvalue weighted by molar-refractivity contribution is -0.00820. The van der Waals surface area contributed by atoms with Gasteiger partial charge in [-0.1, -0.05) is 6.07 Å². The van der Waals surface area contributed by atoms with E-state index in [0.29, 0.717) is 13.2 Å². The van der Waals surface area contributed by atoms with E-state index >= 15 is 0 Å². The Morgan fingerprint density at radius 3 is 2.89 bits per heavy atom. The summed E-state index contributed by atoms with van der Waals surface area (Å²) in [7, 11) is 3.33. The van der Waals surface area contributed by atoms with E-state index in [1.165, 1.54) is 0 Å². The van der Waals surface area contributed by atoms with Gasteiger partial charge in [0, 0.05) is 37.3 Å². The van der Waals surface area contributed by atoms with Gasteiger partial charge in [-0.25, -0.2) is 0 Å². The molecule has 0 spiro atoms. The highest BCUT2D eigenvalue weighted by Gasteiger charge is 2.22. The molecule has 1 aromatic carbocycles. The molecule has 0 aromatic heterocycles. The molecule has 1 aliphatic rings. The lowest BCUT2D eigenvalue weighted by Gasteiger charge is -2.35. The quantitative estimate of drug-likeness (QED) is 0.857. The minimum Gasteiger partial charge on any atom is -0.497 e. The second kappa shape index (κ2) is 6.75. The lowest BCUT2D eigenvalue weighted by Crippen LogP contribution is -2.48. The standard InChI is InChI=1S/C14H22N2O3/c1-17-13-4-3-11(14(7-13)18-2)9-16-5-6-19-10-12(16)8-15/h3-4,7,12H,5-6,8-10,15H2,1-2H3. The average molecular weight is 266 g/mol. The molecule has 2 rings (SSSR count). The van der Waals surface area contributed by atoms with Gasteiger partial charge in [-0.15, -0.1) is 0 Å². The zero-order chi connectivity index (χ0) is 13.7.